The zero-order valence-electron chi connectivity index (χ0n) is 38.7. The van der Waals surface area contributed by atoms with Crippen molar-refractivity contribution in [1.29, 1.82) is 0 Å². The first-order chi connectivity index (χ1) is 33.1. The van der Waals surface area contributed by atoms with Gasteiger partial charge in [-0.1, -0.05) is 192 Å². The van der Waals surface area contributed by atoms with E-state index < -0.39 is 11.0 Å². The zero-order chi connectivity index (χ0) is 45.5. The van der Waals surface area contributed by atoms with E-state index in [0.717, 1.165) is 33.7 Å². The van der Waals surface area contributed by atoms with E-state index in [2.05, 4.69) is 228 Å². The quantitative estimate of drug-likeness (QED) is 0.173. The molecule has 6 aliphatic rings. The van der Waals surface area contributed by atoms with Gasteiger partial charge in [0.05, 0.1) is 27.9 Å². The largest absolute Gasteiger partial charge is 0.457 e. The molecule has 0 fully saturated rings. The normalized spacial score (nSPS) is 20.4. The Morgan fingerprint density at radius 3 is 1.81 bits per heavy atom. The van der Waals surface area contributed by atoms with Crippen LogP contribution in [0, 0.1) is 0 Å². The van der Waals surface area contributed by atoms with Crippen molar-refractivity contribution in [2.24, 2.45) is 0 Å². The summed E-state index contributed by atoms with van der Waals surface area (Å²) in [6, 6.07) is 64.9. The molecule has 9 aromatic rings. The predicted octanol–water partition coefficient (Wildman–Crippen LogP) is 15.4. The molecule has 2 aliphatic heterocycles. The summed E-state index contributed by atoms with van der Waals surface area (Å²) in [5.41, 5.74) is 22.0. The Kier molecular flexibility index (Phi) is 7.20. The molecule has 4 aliphatic carbocycles. The van der Waals surface area contributed by atoms with Gasteiger partial charge >= 0.3 is 0 Å². The summed E-state index contributed by atoms with van der Waals surface area (Å²) in [4.78, 5) is 14.1. The topological polar surface area (TPSA) is 38.2 Å². The highest BCUT2D eigenvalue weighted by Crippen LogP contribution is 2.70. The number of rotatable bonds is 2. The molecule has 2 unspecified atom stereocenters. The Balaban J connectivity index is 1.02. The van der Waals surface area contributed by atoms with E-state index in [1.807, 2.05) is 0 Å². The molecule has 0 saturated heterocycles. The molecular formula is C64H47N3O. The van der Waals surface area contributed by atoms with Gasteiger partial charge in [-0.15, -0.1) is 0 Å². The SMILES string of the molecule is CC1(C)c2ccccc2-c2ccc(-c3nc(N4c5c(ccc6c5C(C)(C)c5ccccc5-6)C5C6=C(C=CC54C)C4(c5ccccc5Oc5ccccc54)c4ccccc46)nc4ccccc34)cc21. The molecule has 0 bridgehead atoms. The molecule has 0 radical (unpaired) electrons. The van der Waals surface area contributed by atoms with Crippen LogP contribution in [0.15, 0.2) is 194 Å². The molecular weight excluding hydrogens is 827 g/mol. The van der Waals surface area contributed by atoms with Crippen molar-refractivity contribution >= 4 is 28.1 Å². The van der Waals surface area contributed by atoms with Crippen molar-refractivity contribution in [3.8, 4) is 45.0 Å². The molecule has 8 aromatic carbocycles. The van der Waals surface area contributed by atoms with E-state index in [9.17, 15) is 0 Å². The second-order valence-corrected chi connectivity index (χ2v) is 21.0. The smallest absolute Gasteiger partial charge is 0.231 e. The van der Waals surface area contributed by atoms with Gasteiger partial charge in [-0.2, -0.15) is 0 Å². The number of anilines is 2. The maximum atomic E-state index is 6.76. The van der Waals surface area contributed by atoms with E-state index in [1.165, 1.54) is 89.2 Å². The second-order valence-electron chi connectivity index (χ2n) is 21.0. The lowest BCUT2D eigenvalue weighted by Gasteiger charge is -2.44. The number of hydrogen-bond acceptors (Lipinski definition) is 4. The van der Waals surface area contributed by atoms with Gasteiger partial charge < -0.3 is 4.74 Å². The average Bonchev–Trinajstić information content (AvgIpc) is 3.98. The van der Waals surface area contributed by atoms with Crippen LogP contribution in [0.3, 0.4) is 0 Å². The number of allylic oxidation sites excluding steroid dienone is 2. The van der Waals surface area contributed by atoms with Crippen LogP contribution in [0.2, 0.25) is 0 Å². The fourth-order valence-electron chi connectivity index (χ4n) is 14.1. The number of hydrogen-bond donors (Lipinski definition) is 0. The van der Waals surface area contributed by atoms with E-state index >= 15 is 0 Å². The van der Waals surface area contributed by atoms with Crippen LogP contribution < -0.4 is 9.64 Å². The summed E-state index contributed by atoms with van der Waals surface area (Å²) >= 11 is 0. The zero-order valence-corrected chi connectivity index (χ0v) is 38.7. The van der Waals surface area contributed by atoms with Gasteiger partial charge in [0.25, 0.3) is 0 Å². The minimum absolute atomic E-state index is 0.0668. The molecule has 4 heteroatoms. The fourth-order valence-corrected chi connectivity index (χ4v) is 14.1. The molecule has 1 spiro atoms. The summed E-state index contributed by atoms with van der Waals surface area (Å²) in [6.07, 6.45) is 4.96. The van der Waals surface area contributed by atoms with Gasteiger partial charge in [-0.05, 0) is 104 Å². The van der Waals surface area contributed by atoms with Gasteiger partial charge in [0, 0.05) is 38.8 Å². The first-order valence-electron chi connectivity index (χ1n) is 24.1. The van der Waals surface area contributed by atoms with Gasteiger partial charge in [-0.3, -0.25) is 4.90 Å². The summed E-state index contributed by atoms with van der Waals surface area (Å²) in [5, 5.41) is 1.05. The number of benzene rings is 8. The number of nitrogens with zero attached hydrogens (tertiary/aromatic N) is 3. The third-order valence-electron chi connectivity index (χ3n) is 17.0. The van der Waals surface area contributed by atoms with Gasteiger partial charge in [0.1, 0.15) is 11.5 Å². The second kappa shape index (κ2) is 12.8. The van der Waals surface area contributed by atoms with E-state index in [4.69, 9.17) is 14.7 Å². The van der Waals surface area contributed by atoms with Crippen molar-refractivity contribution in [3.05, 3.63) is 244 Å². The van der Waals surface area contributed by atoms with Crippen molar-refractivity contribution in [1.82, 2.24) is 9.97 Å². The lowest BCUT2D eigenvalue weighted by atomic mass is 9.63. The van der Waals surface area contributed by atoms with E-state index in [1.54, 1.807) is 0 Å². The minimum Gasteiger partial charge on any atom is -0.457 e. The Morgan fingerprint density at radius 2 is 1.07 bits per heavy atom. The van der Waals surface area contributed by atoms with Crippen LogP contribution in [0.1, 0.15) is 90.6 Å². The molecule has 1 aromatic heterocycles. The molecule has 68 heavy (non-hydrogen) atoms. The molecule has 324 valence electrons. The first-order valence-corrected chi connectivity index (χ1v) is 24.1. The van der Waals surface area contributed by atoms with Gasteiger partial charge in [0.2, 0.25) is 5.95 Å². The number of ether oxygens (including phenoxy) is 1. The van der Waals surface area contributed by atoms with Crippen LogP contribution in [0.4, 0.5) is 11.6 Å². The summed E-state index contributed by atoms with van der Waals surface area (Å²) in [7, 11) is 0. The molecule has 0 saturated carbocycles. The molecule has 0 N–H and O–H groups in total. The minimum atomic E-state index is -0.606. The number of para-hydroxylation sites is 3. The third kappa shape index (κ3) is 4.47. The highest BCUT2D eigenvalue weighted by atomic mass is 16.5. The maximum absolute atomic E-state index is 6.76. The number of fused-ring (bicyclic) bond motifs is 20. The first kappa shape index (κ1) is 38.3. The molecule has 3 heterocycles. The summed E-state index contributed by atoms with van der Waals surface area (Å²) in [6.45, 7) is 12.0. The highest BCUT2D eigenvalue weighted by molar-refractivity contribution is 6.01. The van der Waals surface area contributed by atoms with Crippen molar-refractivity contribution in [2.45, 2.75) is 62.3 Å². The standard InChI is InChI=1S/C64H47N3O/c1-61(2)45-22-10-6-18-38(45)40-31-30-37(36-51(40)61)58-43-21-9-15-27-52(43)65-60(66-58)67-59-44(33-32-41-39-19-7-11-23-46(39)62(3,4)57(41)59)56-55-42-20-8-12-24-47(42)64(50(55)34-35-63(56,67)5)48-25-13-16-28-53(48)68-54-29-17-14-26-49(54)64/h6-36,56H,1-5H3. The van der Waals surface area contributed by atoms with Gasteiger partial charge in [-0.25, -0.2) is 9.97 Å². The molecule has 4 nitrogen and oxygen atoms in total. The van der Waals surface area contributed by atoms with Crippen molar-refractivity contribution < 1.29 is 4.74 Å². The Hall–Kier alpha value is -7.82. The molecule has 2 atom stereocenters. The van der Waals surface area contributed by atoms with Crippen molar-refractivity contribution in [2.75, 3.05) is 4.90 Å². The number of aromatic nitrogens is 2. The van der Waals surface area contributed by atoms with Crippen LogP contribution in [0.5, 0.6) is 11.5 Å². The van der Waals surface area contributed by atoms with Gasteiger partial charge in [0.15, 0.2) is 0 Å². The highest BCUT2D eigenvalue weighted by Gasteiger charge is 2.61. The maximum Gasteiger partial charge on any atom is 0.231 e. The lowest BCUT2D eigenvalue weighted by Crippen LogP contribution is -2.45. The monoisotopic (exact) mass is 873 g/mol. The molecule has 15 rings (SSSR count). The van der Waals surface area contributed by atoms with Crippen LogP contribution in [0.25, 0.3) is 50.0 Å². The van der Waals surface area contributed by atoms with Crippen molar-refractivity contribution in [3.63, 3.8) is 0 Å². The predicted molar refractivity (Wildman–Crippen MR) is 275 cm³/mol. The van der Waals surface area contributed by atoms with E-state index in [0.29, 0.717) is 5.95 Å². The van der Waals surface area contributed by atoms with Crippen LogP contribution >= 0.6 is 0 Å². The van der Waals surface area contributed by atoms with E-state index in [-0.39, 0.29) is 16.7 Å². The fraction of sp³-hybridized carbons (Fsp3) is 0.156. The summed E-state index contributed by atoms with van der Waals surface area (Å²) < 4.78 is 6.76. The third-order valence-corrected chi connectivity index (χ3v) is 17.0. The van der Waals surface area contributed by atoms with Crippen LogP contribution in [-0.2, 0) is 16.2 Å². The molecule has 0 amide bonds. The Labute approximate surface area is 397 Å². The average molecular weight is 874 g/mol. The lowest BCUT2D eigenvalue weighted by molar-refractivity contribution is 0.435. The Morgan fingerprint density at radius 1 is 0.500 bits per heavy atom. The Bertz CT molecular complexity index is 3790. The van der Waals surface area contributed by atoms with Crippen LogP contribution in [-0.4, -0.2) is 15.5 Å². The summed E-state index contributed by atoms with van der Waals surface area (Å²) in [5.74, 6) is 2.45.